The van der Waals surface area contributed by atoms with Crippen molar-refractivity contribution in [3.8, 4) is 28.1 Å². The van der Waals surface area contributed by atoms with Crippen LogP contribution in [0.4, 0.5) is 9.59 Å². The smallest absolute Gasteiger partial charge is 0.407 e. The molecule has 0 saturated carbocycles. The molecule has 4 N–H and O–H groups in total. The Morgan fingerprint density at radius 1 is 1.02 bits per heavy atom. The Morgan fingerprint density at radius 3 is 2.58 bits per heavy atom. The number of amides is 4. The number of likely N-dealkylation sites (tertiary alicyclic amines) is 1. The van der Waals surface area contributed by atoms with E-state index in [0.717, 1.165) is 74.8 Å². The first-order valence-electron chi connectivity index (χ1n) is 17.7. The summed E-state index contributed by atoms with van der Waals surface area (Å²) in [5, 5.41) is 6.90. The second kappa shape index (κ2) is 14.9. The van der Waals surface area contributed by atoms with E-state index in [2.05, 4.69) is 59.3 Å². The van der Waals surface area contributed by atoms with Gasteiger partial charge in [0.25, 0.3) is 0 Å². The first-order chi connectivity index (χ1) is 25.7. The molecule has 1 saturated heterocycles. The van der Waals surface area contributed by atoms with Crippen molar-refractivity contribution in [2.75, 3.05) is 33.9 Å². The molecule has 1 unspecified atom stereocenters. The summed E-state index contributed by atoms with van der Waals surface area (Å²) in [5.74, 6) is 1.69. The first kappa shape index (κ1) is 35.3. The number of nitrogens with zero attached hydrogens (tertiary/aromatic N) is 4. The summed E-state index contributed by atoms with van der Waals surface area (Å²) < 4.78 is 15.5. The summed E-state index contributed by atoms with van der Waals surface area (Å²) in [4.78, 5) is 68.8. The predicted octanol–water partition coefficient (Wildman–Crippen LogP) is 5.17. The number of rotatable bonds is 10. The molecule has 53 heavy (non-hydrogen) atoms. The van der Waals surface area contributed by atoms with Crippen molar-refractivity contribution in [3.63, 3.8) is 0 Å². The second-order valence-corrected chi connectivity index (χ2v) is 13.3. The zero-order valence-corrected chi connectivity index (χ0v) is 30.1. The molecule has 0 bridgehead atoms. The summed E-state index contributed by atoms with van der Waals surface area (Å²) in [7, 11) is 2.52. The van der Waals surface area contributed by atoms with Gasteiger partial charge in [-0.3, -0.25) is 9.59 Å². The molecule has 2 atom stereocenters. The average molecular weight is 723 g/mol. The number of imidazole rings is 2. The number of methoxy groups -OCH3 is 2. The van der Waals surface area contributed by atoms with Crippen LogP contribution in [0.25, 0.3) is 44.2 Å². The van der Waals surface area contributed by atoms with E-state index < -0.39 is 12.2 Å². The Morgan fingerprint density at radius 2 is 1.81 bits per heavy atom. The third-order valence-electron chi connectivity index (χ3n) is 10.1. The van der Waals surface area contributed by atoms with E-state index in [4.69, 9.17) is 9.72 Å². The normalized spacial score (nSPS) is 15.3. The number of hydrogen-bond acceptors (Lipinski definition) is 9. The fraction of sp³-hybridized carbons (Fsp3) is 0.368. The van der Waals surface area contributed by atoms with Crippen molar-refractivity contribution in [1.82, 2.24) is 40.4 Å². The number of fused-ring (bicyclic) bond motifs is 6. The minimum atomic E-state index is -0.658. The second-order valence-electron chi connectivity index (χ2n) is 13.3. The molecule has 2 aliphatic heterocycles. The maximum absolute atomic E-state index is 13.0. The molecule has 2 aromatic heterocycles. The van der Waals surface area contributed by atoms with Gasteiger partial charge in [0, 0.05) is 23.5 Å². The summed E-state index contributed by atoms with van der Waals surface area (Å²) in [6, 6.07) is 14.2. The number of H-pyrrole nitrogens is 2. The first-order valence-corrected chi connectivity index (χ1v) is 17.7. The summed E-state index contributed by atoms with van der Waals surface area (Å²) in [6.45, 7) is 4.89. The molecule has 5 aromatic rings. The van der Waals surface area contributed by atoms with E-state index in [1.165, 1.54) is 14.2 Å². The van der Waals surface area contributed by atoms with Crippen molar-refractivity contribution in [1.29, 1.82) is 0 Å². The zero-order chi connectivity index (χ0) is 37.2. The van der Waals surface area contributed by atoms with Crippen LogP contribution in [0.3, 0.4) is 0 Å². The number of carbonyl (C=O) groups excluding carboxylic acids is 4. The van der Waals surface area contributed by atoms with E-state index >= 15 is 0 Å². The molecular weight excluding hydrogens is 680 g/mol. The highest BCUT2D eigenvalue weighted by Gasteiger charge is 2.32. The van der Waals surface area contributed by atoms with Gasteiger partial charge in [-0.15, -0.1) is 0 Å². The number of carbonyl (C=O) groups is 4. The van der Waals surface area contributed by atoms with E-state index in [-0.39, 0.29) is 43.5 Å². The minimum absolute atomic E-state index is 0.0600. The Hall–Kier alpha value is -6.12. The molecule has 4 amide bonds. The van der Waals surface area contributed by atoms with Gasteiger partial charge in [0.15, 0.2) is 0 Å². The SMILES string of the molecule is CC[C@H](C)N(Cc1ncc(-c2ccc3c(c2)COc2cc4c(ccc5[nH]c(C6CCCN6C(=O)CNC(=O)OC)nc54)cc2-3)[nH]1)C(=O)CNC(=O)OC. The highest BCUT2D eigenvalue weighted by molar-refractivity contribution is 6.07. The van der Waals surface area contributed by atoms with Gasteiger partial charge in [-0.1, -0.05) is 25.1 Å². The van der Waals surface area contributed by atoms with Crippen molar-refractivity contribution < 1.29 is 33.4 Å². The average Bonchev–Trinajstić information content (AvgIpc) is 3.97. The van der Waals surface area contributed by atoms with Gasteiger partial charge in [-0.25, -0.2) is 19.6 Å². The molecule has 4 heterocycles. The van der Waals surface area contributed by atoms with Crippen LogP contribution >= 0.6 is 0 Å². The summed E-state index contributed by atoms with van der Waals surface area (Å²) in [6.07, 6.45) is 2.81. The quantitative estimate of drug-likeness (QED) is 0.151. The van der Waals surface area contributed by atoms with E-state index in [0.29, 0.717) is 24.8 Å². The van der Waals surface area contributed by atoms with Gasteiger partial charge >= 0.3 is 12.2 Å². The molecule has 0 aliphatic carbocycles. The van der Waals surface area contributed by atoms with Crippen molar-refractivity contribution in [2.24, 2.45) is 0 Å². The van der Waals surface area contributed by atoms with Crippen LogP contribution < -0.4 is 15.4 Å². The lowest BCUT2D eigenvalue weighted by atomic mass is 9.92. The standard InChI is InChI=1S/C38H42N8O7/c1-5-21(2)46(34(48)18-41-38(50)52-4)19-32-39-16-29(42-32)23-8-10-25-24(13-23)20-53-31-15-26-22(14-27(25)31)9-11-28-35(26)44-36(43-28)30-7-6-12-45(30)33(47)17-40-37(49)51-3/h8-11,13-16,21,30H,5-7,12,17-20H2,1-4H3,(H,39,42)(H,40,49)(H,41,50)(H,43,44)/t21-,30?/m0/s1. The molecule has 0 spiro atoms. The summed E-state index contributed by atoms with van der Waals surface area (Å²) in [5.41, 5.74) is 6.53. The molecule has 15 nitrogen and oxygen atoms in total. The maximum Gasteiger partial charge on any atom is 0.407 e. The minimum Gasteiger partial charge on any atom is -0.488 e. The molecule has 2 aliphatic rings. The molecular formula is C38H42N8O7. The zero-order valence-electron chi connectivity index (χ0n) is 30.1. The van der Waals surface area contributed by atoms with E-state index in [1.807, 2.05) is 32.0 Å². The van der Waals surface area contributed by atoms with Gasteiger partial charge < -0.3 is 44.6 Å². The maximum atomic E-state index is 13.0. The lowest BCUT2D eigenvalue weighted by Crippen LogP contribution is -2.44. The van der Waals surface area contributed by atoms with E-state index in [1.54, 1.807) is 16.0 Å². The van der Waals surface area contributed by atoms with Crippen LogP contribution in [0.1, 0.15) is 56.4 Å². The highest BCUT2D eigenvalue weighted by Crippen LogP contribution is 2.43. The Kier molecular flexibility index (Phi) is 9.89. The van der Waals surface area contributed by atoms with Gasteiger partial charge in [0.05, 0.1) is 49.7 Å². The monoisotopic (exact) mass is 722 g/mol. The van der Waals surface area contributed by atoms with Crippen LogP contribution in [0, 0.1) is 0 Å². The van der Waals surface area contributed by atoms with Gasteiger partial charge in [-0.2, -0.15) is 0 Å². The Labute approximate surface area is 305 Å². The highest BCUT2D eigenvalue weighted by atomic mass is 16.5. The van der Waals surface area contributed by atoms with Crippen LogP contribution in [-0.4, -0.2) is 93.6 Å². The van der Waals surface area contributed by atoms with Crippen molar-refractivity contribution >= 4 is 45.8 Å². The van der Waals surface area contributed by atoms with E-state index in [9.17, 15) is 19.2 Å². The number of aromatic nitrogens is 4. The third kappa shape index (κ3) is 7.06. The van der Waals surface area contributed by atoms with Crippen LogP contribution in [0.15, 0.2) is 48.7 Å². The van der Waals surface area contributed by atoms with Gasteiger partial charge in [0.2, 0.25) is 11.8 Å². The molecule has 15 heteroatoms. The lowest BCUT2D eigenvalue weighted by molar-refractivity contribution is -0.133. The van der Waals surface area contributed by atoms with Gasteiger partial charge in [-0.05, 0) is 72.5 Å². The molecule has 1 fully saturated rings. The van der Waals surface area contributed by atoms with Crippen molar-refractivity contribution in [2.45, 2.75) is 58.3 Å². The fourth-order valence-electron chi connectivity index (χ4n) is 7.08. The fourth-order valence-corrected chi connectivity index (χ4v) is 7.08. The largest absolute Gasteiger partial charge is 0.488 e. The van der Waals surface area contributed by atoms with Gasteiger partial charge in [0.1, 0.15) is 37.1 Å². The number of hydrogen-bond donors (Lipinski definition) is 4. The molecule has 3 aromatic carbocycles. The summed E-state index contributed by atoms with van der Waals surface area (Å²) >= 11 is 0. The van der Waals surface area contributed by atoms with Crippen molar-refractivity contribution in [3.05, 3.63) is 65.9 Å². The topological polar surface area (TPSA) is 184 Å². The number of benzene rings is 3. The van der Waals surface area contributed by atoms with Crippen LogP contribution in [0.5, 0.6) is 5.75 Å². The Balaban J connectivity index is 1.11. The lowest BCUT2D eigenvalue weighted by Gasteiger charge is -2.28. The third-order valence-corrected chi connectivity index (χ3v) is 10.1. The van der Waals surface area contributed by atoms with Crippen LogP contribution in [-0.2, 0) is 32.2 Å². The number of alkyl carbamates (subject to hydrolysis) is 2. The van der Waals surface area contributed by atoms with Crippen LogP contribution in [0.2, 0.25) is 0 Å². The Bertz CT molecular complexity index is 2210. The number of nitrogens with one attached hydrogen (secondary N) is 4. The number of aromatic amines is 2. The molecule has 0 radical (unpaired) electrons. The number of ether oxygens (including phenoxy) is 3. The predicted molar refractivity (Wildman–Crippen MR) is 196 cm³/mol. The molecule has 276 valence electrons. The molecule has 7 rings (SSSR count).